The number of carbonyl (C=O) groups excluding carboxylic acids is 1. The highest BCUT2D eigenvalue weighted by molar-refractivity contribution is 9.10. The summed E-state index contributed by atoms with van der Waals surface area (Å²) in [5.74, 6) is 0.0195. The van der Waals surface area contributed by atoms with Gasteiger partial charge in [-0.2, -0.15) is 0 Å². The zero-order chi connectivity index (χ0) is 22.5. The molecule has 0 aliphatic heterocycles. The number of carbonyl (C=O) groups is 1. The van der Waals surface area contributed by atoms with Gasteiger partial charge in [-0.05, 0) is 51.8 Å². The van der Waals surface area contributed by atoms with Crippen molar-refractivity contribution >= 4 is 32.7 Å². The Labute approximate surface area is 191 Å². The van der Waals surface area contributed by atoms with Crippen LogP contribution in [0, 0.1) is 5.82 Å². The van der Waals surface area contributed by atoms with Gasteiger partial charge in [0, 0.05) is 6.54 Å². The highest BCUT2D eigenvalue weighted by Crippen LogP contribution is 2.25. The van der Waals surface area contributed by atoms with E-state index in [4.69, 9.17) is 4.74 Å². The van der Waals surface area contributed by atoms with Gasteiger partial charge in [0.15, 0.2) is 6.61 Å². The van der Waals surface area contributed by atoms with Crippen molar-refractivity contribution in [1.82, 2.24) is 14.9 Å². The van der Waals surface area contributed by atoms with E-state index in [0.717, 1.165) is 5.56 Å². The van der Waals surface area contributed by atoms with E-state index in [1.54, 1.807) is 29.2 Å². The summed E-state index contributed by atoms with van der Waals surface area (Å²) < 4.78 is 19.3. The summed E-state index contributed by atoms with van der Waals surface area (Å²) in [6.07, 6.45) is 0. The summed E-state index contributed by atoms with van der Waals surface area (Å²) in [5.41, 5.74) is 1.22. The maximum Gasteiger partial charge on any atom is 0.261 e. The molecule has 0 atom stereocenters. The number of benzene rings is 3. The number of rotatable bonds is 7. The van der Waals surface area contributed by atoms with Crippen LogP contribution < -0.4 is 10.3 Å². The number of halogens is 2. The minimum atomic E-state index is -0.410. The number of H-pyrrole nitrogens is 1. The number of amides is 1. The Kier molecular flexibility index (Phi) is 6.61. The standard InChI is InChI=1S/C24H19BrFN3O3/c25-19-12-17(26)10-11-21(19)32-15-23(30)29(13-16-6-2-1-3-7-16)14-22-27-20-9-5-4-8-18(20)24(31)28-22/h1-12H,13-15H2,(H,27,28,31). The van der Waals surface area contributed by atoms with E-state index in [-0.39, 0.29) is 24.6 Å². The molecule has 0 saturated carbocycles. The van der Waals surface area contributed by atoms with E-state index in [2.05, 4.69) is 25.9 Å². The van der Waals surface area contributed by atoms with Gasteiger partial charge >= 0.3 is 0 Å². The van der Waals surface area contributed by atoms with E-state index < -0.39 is 5.82 Å². The van der Waals surface area contributed by atoms with Crippen molar-refractivity contribution in [1.29, 1.82) is 0 Å². The fourth-order valence-corrected chi connectivity index (χ4v) is 3.71. The Morgan fingerprint density at radius 3 is 2.56 bits per heavy atom. The molecule has 0 fully saturated rings. The molecule has 6 nitrogen and oxygen atoms in total. The van der Waals surface area contributed by atoms with Crippen LogP contribution in [0.15, 0.2) is 82.1 Å². The molecule has 3 aromatic carbocycles. The quantitative estimate of drug-likeness (QED) is 0.411. The highest BCUT2D eigenvalue weighted by atomic mass is 79.9. The van der Waals surface area contributed by atoms with Crippen LogP contribution in [0.3, 0.4) is 0 Å². The van der Waals surface area contributed by atoms with Crippen LogP contribution in [0.1, 0.15) is 11.4 Å². The molecular formula is C24H19BrFN3O3. The number of fused-ring (bicyclic) bond motifs is 1. The topological polar surface area (TPSA) is 75.3 Å². The van der Waals surface area contributed by atoms with Gasteiger partial charge < -0.3 is 14.6 Å². The van der Waals surface area contributed by atoms with Crippen molar-refractivity contribution in [3.8, 4) is 5.75 Å². The Hall–Kier alpha value is -3.52. The number of hydrogen-bond donors (Lipinski definition) is 1. The first kappa shape index (κ1) is 21.7. The van der Waals surface area contributed by atoms with E-state index in [0.29, 0.717) is 33.5 Å². The first-order valence-corrected chi connectivity index (χ1v) is 10.7. The highest BCUT2D eigenvalue weighted by Gasteiger charge is 2.18. The lowest BCUT2D eigenvalue weighted by Crippen LogP contribution is -2.35. The molecule has 0 aliphatic carbocycles. The Bertz CT molecular complexity index is 1310. The van der Waals surface area contributed by atoms with Crippen LogP contribution in [-0.2, 0) is 17.9 Å². The number of para-hydroxylation sites is 1. The zero-order valence-electron chi connectivity index (χ0n) is 16.9. The molecule has 0 radical (unpaired) electrons. The fourth-order valence-electron chi connectivity index (χ4n) is 3.25. The fraction of sp³-hybridized carbons (Fsp3) is 0.125. The molecule has 0 aliphatic rings. The number of aromatic nitrogens is 2. The van der Waals surface area contributed by atoms with Crippen LogP contribution in [0.2, 0.25) is 0 Å². The lowest BCUT2D eigenvalue weighted by Gasteiger charge is -2.23. The second kappa shape index (κ2) is 9.74. The van der Waals surface area contributed by atoms with Crippen LogP contribution in [0.4, 0.5) is 4.39 Å². The number of ether oxygens (including phenoxy) is 1. The first-order chi connectivity index (χ1) is 15.5. The Balaban J connectivity index is 1.57. The molecule has 0 bridgehead atoms. The van der Waals surface area contributed by atoms with Gasteiger partial charge in [0.1, 0.15) is 17.4 Å². The largest absolute Gasteiger partial charge is 0.483 e. The number of nitrogens with one attached hydrogen (secondary N) is 1. The molecule has 0 unspecified atom stereocenters. The molecule has 1 N–H and O–H groups in total. The average molecular weight is 496 g/mol. The van der Waals surface area contributed by atoms with E-state index in [1.165, 1.54) is 18.2 Å². The van der Waals surface area contributed by atoms with Crippen molar-refractivity contribution in [3.63, 3.8) is 0 Å². The van der Waals surface area contributed by atoms with Gasteiger partial charge in [-0.25, -0.2) is 9.37 Å². The normalized spacial score (nSPS) is 10.8. The molecule has 162 valence electrons. The number of nitrogens with zero attached hydrogens (tertiary/aromatic N) is 2. The summed E-state index contributed by atoms with van der Waals surface area (Å²) in [4.78, 5) is 34.3. The zero-order valence-corrected chi connectivity index (χ0v) is 18.5. The summed E-state index contributed by atoms with van der Waals surface area (Å²) in [7, 11) is 0. The third-order valence-corrected chi connectivity index (χ3v) is 5.44. The molecule has 0 spiro atoms. The van der Waals surface area contributed by atoms with Crippen molar-refractivity contribution in [3.05, 3.63) is 105 Å². The maximum absolute atomic E-state index is 13.3. The summed E-state index contributed by atoms with van der Waals surface area (Å²) in [5, 5.41) is 0.488. The van der Waals surface area contributed by atoms with Gasteiger partial charge in [-0.3, -0.25) is 9.59 Å². The predicted octanol–water partition coefficient (Wildman–Crippen LogP) is 4.43. The minimum absolute atomic E-state index is 0.0990. The van der Waals surface area contributed by atoms with E-state index in [1.807, 2.05) is 30.3 Å². The van der Waals surface area contributed by atoms with Gasteiger partial charge in [-0.15, -0.1) is 0 Å². The van der Waals surface area contributed by atoms with Gasteiger partial charge in [0.25, 0.3) is 11.5 Å². The molecular weight excluding hydrogens is 477 g/mol. The van der Waals surface area contributed by atoms with Gasteiger partial charge in [0.2, 0.25) is 0 Å². The van der Waals surface area contributed by atoms with Crippen LogP contribution in [0.25, 0.3) is 10.9 Å². The molecule has 32 heavy (non-hydrogen) atoms. The minimum Gasteiger partial charge on any atom is -0.483 e. The second-order valence-corrected chi connectivity index (χ2v) is 7.98. The van der Waals surface area contributed by atoms with E-state index in [9.17, 15) is 14.0 Å². The first-order valence-electron chi connectivity index (χ1n) is 9.87. The molecule has 1 heterocycles. The summed E-state index contributed by atoms with van der Waals surface area (Å²) >= 11 is 3.23. The van der Waals surface area contributed by atoms with Crippen molar-refractivity contribution in [2.24, 2.45) is 0 Å². The lowest BCUT2D eigenvalue weighted by molar-refractivity contribution is -0.134. The van der Waals surface area contributed by atoms with E-state index >= 15 is 0 Å². The molecule has 4 aromatic rings. The maximum atomic E-state index is 13.3. The summed E-state index contributed by atoms with van der Waals surface area (Å²) in [6.45, 7) is 0.154. The molecule has 1 amide bonds. The molecule has 1 aromatic heterocycles. The van der Waals surface area contributed by atoms with Crippen LogP contribution in [-0.4, -0.2) is 27.4 Å². The predicted molar refractivity (Wildman–Crippen MR) is 123 cm³/mol. The summed E-state index contributed by atoms with van der Waals surface area (Å²) in [6, 6.07) is 20.5. The SMILES string of the molecule is O=C(COc1ccc(F)cc1Br)N(Cc1ccccc1)Cc1nc2ccccc2c(=O)[nH]1. The number of aromatic amines is 1. The van der Waals surface area contributed by atoms with Gasteiger partial charge in [0.05, 0.1) is 21.9 Å². The monoisotopic (exact) mass is 495 g/mol. The Morgan fingerprint density at radius 2 is 1.78 bits per heavy atom. The van der Waals surface area contributed by atoms with Crippen molar-refractivity contribution < 1.29 is 13.9 Å². The van der Waals surface area contributed by atoms with Crippen LogP contribution >= 0.6 is 15.9 Å². The van der Waals surface area contributed by atoms with Crippen LogP contribution in [0.5, 0.6) is 5.75 Å². The number of hydrogen-bond acceptors (Lipinski definition) is 4. The molecule has 4 rings (SSSR count). The third-order valence-electron chi connectivity index (χ3n) is 4.82. The Morgan fingerprint density at radius 1 is 1.03 bits per heavy atom. The van der Waals surface area contributed by atoms with Gasteiger partial charge in [-0.1, -0.05) is 42.5 Å². The third kappa shape index (κ3) is 5.20. The lowest BCUT2D eigenvalue weighted by atomic mass is 10.2. The molecule has 0 saturated heterocycles. The van der Waals surface area contributed by atoms with Crippen molar-refractivity contribution in [2.45, 2.75) is 13.1 Å². The molecule has 8 heteroatoms. The average Bonchev–Trinajstić information content (AvgIpc) is 2.78. The smallest absolute Gasteiger partial charge is 0.261 e. The second-order valence-electron chi connectivity index (χ2n) is 7.13. The van der Waals surface area contributed by atoms with Crippen molar-refractivity contribution in [2.75, 3.05) is 6.61 Å².